The lowest BCUT2D eigenvalue weighted by molar-refractivity contribution is -0.117. The molecule has 0 amide bonds. The lowest BCUT2D eigenvalue weighted by atomic mass is 10.0. The molecule has 0 aliphatic heterocycles. The third-order valence-corrected chi connectivity index (χ3v) is 2.78. The molecule has 92 valence electrons. The van der Waals surface area contributed by atoms with Crippen molar-refractivity contribution >= 4 is 5.78 Å². The van der Waals surface area contributed by atoms with Gasteiger partial charge in [0.25, 0.3) is 0 Å². The van der Waals surface area contributed by atoms with Crippen LogP contribution < -0.4 is 4.74 Å². The highest BCUT2D eigenvalue weighted by molar-refractivity contribution is 5.83. The standard InChI is InChI=1S/C16H16O2/c1-18-16-9-5-8-14(12-16)11-15(17)10-13-6-3-2-4-7-13/h2-9,12H,10-11H2,1H3. The van der Waals surface area contributed by atoms with E-state index in [9.17, 15) is 4.79 Å². The first-order valence-corrected chi connectivity index (χ1v) is 5.96. The predicted octanol–water partition coefficient (Wildman–Crippen LogP) is 3.05. The first-order valence-electron chi connectivity index (χ1n) is 5.96. The molecule has 0 heterocycles. The number of rotatable bonds is 5. The van der Waals surface area contributed by atoms with Crippen molar-refractivity contribution in [1.82, 2.24) is 0 Å². The minimum atomic E-state index is 0.217. The van der Waals surface area contributed by atoms with E-state index in [-0.39, 0.29) is 5.78 Å². The van der Waals surface area contributed by atoms with Crippen molar-refractivity contribution in [2.45, 2.75) is 12.8 Å². The van der Waals surface area contributed by atoms with Crippen LogP contribution in [0, 0.1) is 0 Å². The van der Waals surface area contributed by atoms with Crippen LogP contribution in [0.4, 0.5) is 0 Å². The molecular weight excluding hydrogens is 224 g/mol. The number of ketones is 1. The van der Waals surface area contributed by atoms with Gasteiger partial charge in [0, 0.05) is 12.8 Å². The van der Waals surface area contributed by atoms with E-state index in [1.54, 1.807) is 7.11 Å². The molecule has 0 radical (unpaired) electrons. The molecule has 0 unspecified atom stereocenters. The summed E-state index contributed by atoms with van der Waals surface area (Å²) in [6.45, 7) is 0. The van der Waals surface area contributed by atoms with Gasteiger partial charge in [0.2, 0.25) is 0 Å². The molecule has 0 saturated heterocycles. The van der Waals surface area contributed by atoms with Gasteiger partial charge >= 0.3 is 0 Å². The number of hydrogen-bond acceptors (Lipinski definition) is 2. The minimum Gasteiger partial charge on any atom is -0.497 e. The van der Waals surface area contributed by atoms with Gasteiger partial charge in [-0.3, -0.25) is 4.79 Å². The summed E-state index contributed by atoms with van der Waals surface area (Å²) in [5, 5.41) is 0. The summed E-state index contributed by atoms with van der Waals surface area (Å²) in [7, 11) is 1.63. The number of methoxy groups -OCH3 is 1. The molecular formula is C16H16O2. The second-order valence-electron chi connectivity index (χ2n) is 4.23. The van der Waals surface area contributed by atoms with E-state index in [2.05, 4.69) is 0 Å². The molecule has 0 aromatic heterocycles. The Morgan fingerprint density at radius 1 is 0.944 bits per heavy atom. The van der Waals surface area contributed by atoms with Crippen molar-refractivity contribution in [2.75, 3.05) is 7.11 Å². The normalized spacial score (nSPS) is 10.1. The largest absolute Gasteiger partial charge is 0.497 e. The smallest absolute Gasteiger partial charge is 0.141 e. The van der Waals surface area contributed by atoms with Gasteiger partial charge in [0.15, 0.2) is 0 Å². The Morgan fingerprint density at radius 2 is 1.61 bits per heavy atom. The summed E-state index contributed by atoms with van der Waals surface area (Å²) in [6, 6.07) is 17.5. The molecule has 2 rings (SSSR count). The summed E-state index contributed by atoms with van der Waals surface area (Å²) in [6.07, 6.45) is 0.935. The molecule has 18 heavy (non-hydrogen) atoms. The van der Waals surface area contributed by atoms with Crippen molar-refractivity contribution in [3.63, 3.8) is 0 Å². The number of ether oxygens (including phenoxy) is 1. The van der Waals surface area contributed by atoms with Crippen molar-refractivity contribution < 1.29 is 9.53 Å². The Bertz CT molecular complexity index is 518. The van der Waals surface area contributed by atoms with Crippen LogP contribution in [0.25, 0.3) is 0 Å². The van der Waals surface area contributed by atoms with E-state index in [0.29, 0.717) is 12.8 Å². The van der Waals surface area contributed by atoms with Crippen LogP contribution in [-0.4, -0.2) is 12.9 Å². The number of benzene rings is 2. The average Bonchev–Trinajstić information content (AvgIpc) is 2.40. The second kappa shape index (κ2) is 6.01. The maximum atomic E-state index is 11.9. The zero-order chi connectivity index (χ0) is 12.8. The Kier molecular flexibility index (Phi) is 4.13. The molecule has 0 spiro atoms. The van der Waals surface area contributed by atoms with E-state index in [1.807, 2.05) is 54.6 Å². The van der Waals surface area contributed by atoms with Gasteiger partial charge in [-0.05, 0) is 23.3 Å². The zero-order valence-corrected chi connectivity index (χ0v) is 10.4. The Morgan fingerprint density at radius 3 is 2.33 bits per heavy atom. The summed E-state index contributed by atoms with van der Waals surface area (Å²) in [4.78, 5) is 11.9. The second-order valence-corrected chi connectivity index (χ2v) is 4.23. The van der Waals surface area contributed by atoms with Crippen LogP contribution in [0.1, 0.15) is 11.1 Å². The first-order chi connectivity index (χ1) is 8.78. The Labute approximate surface area is 107 Å². The zero-order valence-electron chi connectivity index (χ0n) is 10.4. The van der Waals surface area contributed by atoms with Crippen LogP contribution in [0.15, 0.2) is 54.6 Å². The third-order valence-electron chi connectivity index (χ3n) is 2.78. The maximum absolute atomic E-state index is 11.9. The lowest BCUT2D eigenvalue weighted by Crippen LogP contribution is -2.06. The van der Waals surface area contributed by atoms with Gasteiger partial charge < -0.3 is 4.74 Å². The third kappa shape index (κ3) is 3.45. The van der Waals surface area contributed by atoms with Crippen LogP contribution >= 0.6 is 0 Å². The van der Waals surface area contributed by atoms with Gasteiger partial charge in [-0.1, -0.05) is 42.5 Å². The highest BCUT2D eigenvalue weighted by Crippen LogP contribution is 2.14. The van der Waals surface area contributed by atoms with Gasteiger partial charge in [0.1, 0.15) is 11.5 Å². The van der Waals surface area contributed by atoms with E-state index < -0.39 is 0 Å². The lowest BCUT2D eigenvalue weighted by Gasteiger charge is -2.04. The molecule has 2 aromatic carbocycles. The average molecular weight is 240 g/mol. The number of carbonyl (C=O) groups excluding carboxylic acids is 1. The minimum absolute atomic E-state index is 0.217. The molecule has 0 bridgehead atoms. The molecule has 2 nitrogen and oxygen atoms in total. The number of Topliss-reactive ketones (excluding diaryl/α,β-unsaturated/α-hetero) is 1. The fourth-order valence-electron chi connectivity index (χ4n) is 1.90. The van der Waals surface area contributed by atoms with Crippen LogP contribution in [0.3, 0.4) is 0 Å². The summed E-state index contributed by atoms with van der Waals surface area (Å²) in [5.41, 5.74) is 2.06. The van der Waals surface area contributed by atoms with E-state index in [0.717, 1.165) is 16.9 Å². The summed E-state index contributed by atoms with van der Waals surface area (Å²) < 4.78 is 5.14. The topological polar surface area (TPSA) is 26.3 Å². The molecule has 0 aliphatic rings. The van der Waals surface area contributed by atoms with E-state index in [1.165, 1.54) is 0 Å². The highest BCUT2D eigenvalue weighted by Gasteiger charge is 2.05. The van der Waals surface area contributed by atoms with Gasteiger partial charge in [0.05, 0.1) is 7.11 Å². The van der Waals surface area contributed by atoms with Crippen molar-refractivity contribution in [3.8, 4) is 5.75 Å². The van der Waals surface area contributed by atoms with Crippen LogP contribution in [0.2, 0.25) is 0 Å². The van der Waals surface area contributed by atoms with Crippen LogP contribution in [-0.2, 0) is 17.6 Å². The fourth-order valence-corrected chi connectivity index (χ4v) is 1.90. The quantitative estimate of drug-likeness (QED) is 0.803. The summed E-state index contributed by atoms with van der Waals surface area (Å²) >= 11 is 0. The fraction of sp³-hybridized carbons (Fsp3) is 0.188. The molecule has 0 aliphatic carbocycles. The monoisotopic (exact) mass is 240 g/mol. The van der Waals surface area contributed by atoms with Crippen molar-refractivity contribution in [3.05, 3.63) is 65.7 Å². The van der Waals surface area contributed by atoms with Crippen molar-refractivity contribution in [2.24, 2.45) is 0 Å². The Hall–Kier alpha value is -2.09. The molecule has 0 N–H and O–H groups in total. The summed E-state index contributed by atoms with van der Waals surface area (Å²) in [5.74, 6) is 1.01. The van der Waals surface area contributed by atoms with Gasteiger partial charge in [-0.15, -0.1) is 0 Å². The number of hydrogen-bond donors (Lipinski definition) is 0. The van der Waals surface area contributed by atoms with Gasteiger partial charge in [-0.2, -0.15) is 0 Å². The molecule has 0 atom stereocenters. The number of carbonyl (C=O) groups is 1. The molecule has 0 saturated carbocycles. The SMILES string of the molecule is COc1cccc(CC(=O)Cc2ccccc2)c1. The maximum Gasteiger partial charge on any atom is 0.141 e. The van der Waals surface area contributed by atoms with Gasteiger partial charge in [-0.25, -0.2) is 0 Å². The van der Waals surface area contributed by atoms with E-state index in [4.69, 9.17) is 4.74 Å². The van der Waals surface area contributed by atoms with Crippen molar-refractivity contribution in [1.29, 1.82) is 0 Å². The first kappa shape index (κ1) is 12.4. The molecule has 0 fully saturated rings. The molecule has 2 heteroatoms. The predicted molar refractivity (Wildman–Crippen MR) is 71.9 cm³/mol. The molecule has 2 aromatic rings. The Balaban J connectivity index is 1.99. The highest BCUT2D eigenvalue weighted by atomic mass is 16.5. The van der Waals surface area contributed by atoms with E-state index >= 15 is 0 Å². The van der Waals surface area contributed by atoms with Crippen LogP contribution in [0.5, 0.6) is 5.75 Å².